The molecule has 1 atom stereocenters. The number of halogens is 1. The van der Waals surface area contributed by atoms with Crippen LogP contribution in [0, 0.1) is 12.8 Å². The summed E-state index contributed by atoms with van der Waals surface area (Å²) in [6.45, 7) is 9.51. The van der Waals surface area contributed by atoms with Crippen molar-refractivity contribution >= 4 is 17.4 Å². The summed E-state index contributed by atoms with van der Waals surface area (Å²) < 4.78 is 5.42. The lowest BCUT2D eigenvalue weighted by Crippen LogP contribution is -2.17. The van der Waals surface area contributed by atoms with Gasteiger partial charge < -0.3 is 10.1 Å². The summed E-state index contributed by atoms with van der Waals surface area (Å²) in [5.74, 6) is 2.02. The summed E-state index contributed by atoms with van der Waals surface area (Å²) in [6, 6.07) is 0. The molecule has 1 rings (SSSR count). The summed E-state index contributed by atoms with van der Waals surface area (Å²) in [5, 5.41) is 3.36. The van der Waals surface area contributed by atoms with Crippen LogP contribution < -0.4 is 10.1 Å². The summed E-state index contributed by atoms with van der Waals surface area (Å²) in [7, 11) is 0. The minimum Gasteiger partial charge on any atom is -0.478 e. The van der Waals surface area contributed by atoms with Gasteiger partial charge in [-0.15, -0.1) is 11.6 Å². The molecule has 1 aromatic heterocycles. The first-order chi connectivity index (χ1) is 8.54. The highest BCUT2D eigenvalue weighted by Crippen LogP contribution is 2.21. The van der Waals surface area contributed by atoms with E-state index in [4.69, 9.17) is 16.3 Å². The maximum atomic E-state index is 6.24. The van der Waals surface area contributed by atoms with Crippen LogP contribution in [0.2, 0.25) is 0 Å². The van der Waals surface area contributed by atoms with Crippen LogP contribution in [-0.2, 0) is 0 Å². The third-order valence-electron chi connectivity index (χ3n) is 2.54. The number of ether oxygens (including phenoxy) is 1. The summed E-state index contributed by atoms with van der Waals surface area (Å²) in [6.07, 6.45) is 2.49. The quantitative estimate of drug-likeness (QED) is 0.774. The van der Waals surface area contributed by atoms with E-state index in [1.807, 2.05) is 13.8 Å². The van der Waals surface area contributed by atoms with Crippen molar-refractivity contribution in [1.82, 2.24) is 9.97 Å². The van der Waals surface area contributed by atoms with Crippen molar-refractivity contribution in [3.8, 4) is 5.88 Å². The number of hydrogen-bond acceptors (Lipinski definition) is 4. The predicted octanol–water partition coefficient (Wildman–Crippen LogP) is 3.25. The van der Waals surface area contributed by atoms with E-state index in [0.717, 1.165) is 17.8 Å². The third kappa shape index (κ3) is 4.69. The van der Waals surface area contributed by atoms with Gasteiger partial charge in [-0.25, -0.2) is 9.97 Å². The summed E-state index contributed by atoms with van der Waals surface area (Å²) in [4.78, 5) is 8.31. The van der Waals surface area contributed by atoms with Crippen molar-refractivity contribution in [2.45, 2.75) is 39.5 Å². The largest absolute Gasteiger partial charge is 0.478 e. The van der Waals surface area contributed by atoms with Gasteiger partial charge in [-0.05, 0) is 26.2 Å². The highest BCUT2D eigenvalue weighted by atomic mass is 35.5. The smallest absolute Gasteiger partial charge is 0.221 e. The first kappa shape index (κ1) is 15.0. The van der Waals surface area contributed by atoms with E-state index >= 15 is 0 Å². The van der Waals surface area contributed by atoms with Gasteiger partial charge in [-0.2, -0.15) is 0 Å². The van der Waals surface area contributed by atoms with Crippen molar-refractivity contribution in [1.29, 1.82) is 0 Å². The normalized spacial score (nSPS) is 12.6. The lowest BCUT2D eigenvalue weighted by atomic mass is 10.1. The second-order valence-electron chi connectivity index (χ2n) is 4.69. The third-order valence-corrected chi connectivity index (χ3v) is 2.87. The van der Waals surface area contributed by atoms with Crippen LogP contribution in [0.5, 0.6) is 5.88 Å². The highest BCUT2D eigenvalue weighted by Gasteiger charge is 2.11. The number of hydrogen-bond donors (Lipinski definition) is 1. The van der Waals surface area contributed by atoms with Crippen molar-refractivity contribution in [2.75, 3.05) is 18.5 Å². The molecule has 0 bridgehead atoms. The zero-order valence-electron chi connectivity index (χ0n) is 11.5. The zero-order chi connectivity index (χ0) is 13.5. The van der Waals surface area contributed by atoms with Gasteiger partial charge in [0.05, 0.1) is 17.5 Å². The second kappa shape index (κ2) is 7.41. The Hall–Kier alpha value is -1.03. The molecular weight excluding hydrogens is 250 g/mol. The Labute approximate surface area is 114 Å². The van der Waals surface area contributed by atoms with Crippen LogP contribution in [0.1, 0.15) is 32.8 Å². The van der Waals surface area contributed by atoms with Crippen LogP contribution in [0.15, 0.2) is 6.33 Å². The van der Waals surface area contributed by atoms with Crippen LogP contribution in [0.4, 0.5) is 5.82 Å². The molecule has 0 aliphatic rings. The molecular formula is C13H22ClN3O. The lowest BCUT2D eigenvalue weighted by Gasteiger charge is -2.15. The van der Waals surface area contributed by atoms with E-state index in [0.29, 0.717) is 24.9 Å². The molecule has 0 amide bonds. The Morgan fingerprint density at radius 1 is 1.39 bits per heavy atom. The number of alkyl halides is 1. The number of nitrogens with one attached hydrogen (secondary N) is 1. The molecule has 0 fully saturated rings. The number of anilines is 1. The molecule has 0 radical (unpaired) electrons. The summed E-state index contributed by atoms with van der Waals surface area (Å²) in [5.41, 5.74) is 0.924. The summed E-state index contributed by atoms with van der Waals surface area (Å²) >= 11 is 6.24. The van der Waals surface area contributed by atoms with E-state index in [1.165, 1.54) is 6.33 Å². The molecule has 0 saturated heterocycles. The van der Waals surface area contributed by atoms with Crippen LogP contribution in [0.25, 0.3) is 0 Å². The highest BCUT2D eigenvalue weighted by molar-refractivity contribution is 6.20. The van der Waals surface area contributed by atoms with Gasteiger partial charge in [0, 0.05) is 6.54 Å². The van der Waals surface area contributed by atoms with Crippen molar-refractivity contribution in [3.05, 3.63) is 11.9 Å². The molecule has 0 aromatic carbocycles. The van der Waals surface area contributed by atoms with Gasteiger partial charge in [-0.3, -0.25) is 0 Å². The predicted molar refractivity (Wildman–Crippen MR) is 75.5 cm³/mol. The minimum absolute atomic E-state index is 0.106. The number of nitrogens with zero attached hydrogens (tertiary/aromatic N) is 2. The molecule has 0 spiro atoms. The van der Waals surface area contributed by atoms with E-state index in [9.17, 15) is 0 Å². The second-order valence-corrected chi connectivity index (χ2v) is 5.31. The van der Waals surface area contributed by atoms with Crippen LogP contribution >= 0.6 is 11.6 Å². The molecule has 0 aliphatic heterocycles. The molecule has 4 nitrogen and oxygen atoms in total. The van der Waals surface area contributed by atoms with Crippen molar-refractivity contribution in [3.63, 3.8) is 0 Å². The van der Waals surface area contributed by atoms with E-state index in [-0.39, 0.29) is 5.38 Å². The van der Waals surface area contributed by atoms with Crippen LogP contribution in [-0.4, -0.2) is 28.5 Å². The number of rotatable bonds is 7. The molecule has 5 heteroatoms. The maximum absolute atomic E-state index is 6.24. The van der Waals surface area contributed by atoms with Gasteiger partial charge in [0.1, 0.15) is 12.1 Å². The standard InChI is InChI=1S/C13H22ClN3O/c1-5-18-13-10(4)12(16-8-17-13)15-7-11(14)6-9(2)3/h8-9,11H,5-7H2,1-4H3,(H,15,16,17). The van der Waals surface area contributed by atoms with Gasteiger partial charge >= 0.3 is 0 Å². The van der Waals surface area contributed by atoms with E-state index < -0.39 is 0 Å². The first-order valence-electron chi connectivity index (χ1n) is 6.36. The molecule has 102 valence electrons. The maximum Gasteiger partial charge on any atom is 0.221 e. The first-order valence-corrected chi connectivity index (χ1v) is 6.80. The van der Waals surface area contributed by atoms with Gasteiger partial charge in [0.15, 0.2) is 0 Å². The Morgan fingerprint density at radius 2 is 2.11 bits per heavy atom. The monoisotopic (exact) mass is 271 g/mol. The minimum atomic E-state index is 0.106. The van der Waals surface area contributed by atoms with Crippen molar-refractivity contribution in [2.24, 2.45) is 5.92 Å². The molecule has 0 aliphatic carbocycles. The average molecular weight is 272 g/mol. The molecule has 1 heterocycles. The average Bonchev–Trinajstić information content (AvgIpc) is 2.29. The molecule has 1 unspecified atom stereocenters. The topological polar surface area (TPSA) is 47.0 Å². The fourth-order valence-corrected chi connectivity index (χ4v) is 2.13. The van der Waals surface area contributed by atoms with E-state index in [2.05, 4.69) is 29.1 Å². The van der Waals surface area contributed by atoms with Crippen LogP contribution in [0.3, 0.4) is 0 Å². The zero-order valence-corrected chi connectivity index (χ0v) is 12.3. The van der Waals surface area contributed by atoms with Gasteiger partial charge in [-0.1, -0.05) is 13.8 Å². The fourth-order valence-electron chi connectivity index (χ4n) is 1.70. The Morgan fingerprint density at radius 3 is 2.72 bits per heavy atom. The molecule has 1 N–H and O–H groups in total. The van der Waals surface area contributed by atoms with Crippen molar-refractivity contribution < 1.29 is 4.74 Å². The fraction of sp³-hybridized carbons (Fsp3) is 0.692. The molecule has 18 heavy (non-hydrogen) atoms. The molecule has 1 aromatic rings. The lowest BCUT2D eigenvalue weighted by molar-refractivity contribution is 0.324. The Bertz CT molecular complexity index is 371. The Kier molecular flexibility index (Phi) is 6.19. The molecule has 0 saturated carbocycles. The SMILES string of the molecule is CCOc1ncnc(NCC(Cl)CC(C)C)c1C. The van der Waals surface area contributed by atoms with Gasteiger partial charge in [0.25, 0.3) is 0 Å². The van der Waals surface area contributed by atoms with Gasteiger partial charge in [0.2, 0.25) is 5.88 Å². The van der Waals surface area contributed by atoms with E-state index in [1.54, 1.807) is 0 Å². The number of aromatic nitrogens is 2. The Balaban J connectivity index is 2.59.